The third-order valence-electron chi connectivity index (χ3n) is 12.9. The number of hydrogen-bond donors (Lipinski definition) is 5. The Kier molecular flexibility index (Phi) is 48.8. The fraction of sp³-hybridized carbons (Fsp3) is 0.909. The van der Waals surface area contributed by atoms with Gasteiger partial charge in [0.15, 0.2) is 0 Å². The van der Waals surface area contributed by atoms with Crippen LogP contribution in [0.15, 0.2) is 24.3 Å². The molecule has 0 fully saturated rings. The number of allylic oxidation sites excluding steroid dienone is 4. The average Bonchev–Trinajstić information content (AvgIpc) is 3.26. The predicted octanol–water partition coefficient (Wildman–Crippen LogP) is 15.5. The molecule has 5 N–H and O–H groups in total. The highest BCUT2D eigenvalue weighted by Gasteiger charge is 2.28. The second-order valence-electron chi connectivity index (χ2n) is 18.9. The van der Waals surface area contributed by atoms with Crippen LogP contribution in [0.5, 0.6) is 0 Å². The van der Waals surface area contributed by atoms with Crippen molar-refractivity contribution in [2.24, 2.45) is 0 Å². The normalized spacial score (nSPS) is 14.0. The Balaban J connectivity index is 3.54. The van der Waals surface area contributed by atoms with Gasteiger partial charge in [0.25, 0.3) is 0 Å². The van der Waals surface area contributed by atoms with Gasteiger partial charge < -0.3 is 25.7 Å². The number of hydrogen-bond acceptors (Lipinski definition) is 5. The Morgan fingerprint density at radius 1 is 0.410 bits per heavy atom. The van der Waals surface area contributed by atoms with Gasteiger partial charge in [-0.3, -0.25) is 4.79 Å². The van der Waals surface area contributed by atoms with E-state index < -0.39 is 36.9 Å². The van der Waals surface area contributed by atoms with Crippen molar-refractivity contribution < 1.29 is 25.2 Å². The van der Waals surface area contributed by atoms with Crippen LogP contribution < -0.4 is 5.32 Å². The molecular weight excluding hydrogens is 755 g/mol. The third kappa shape index (κ3) is 43.8. The first kappa shape index (κ1) is 59.8. The lowest BCUT2D eigenvalue weighted by atomic mass is 9.99. The van der Waals surface area contributed by atoms with Crippen LogP contribution in [-0.4, -0.2) is 57.3 Å². The molecular formula is C55H107NO5. The highest BCUT2D eigenvalue weighted by atomic mass is 16.3. The molecule has 0 aromatic heterocycles. The highest BCUT2D eigenvalue weighted by Crippen LogP contribution is 2.17. The van der Waals surface area contributed by atoms with Gasteiger partial charge in [-0.05, 0) is 44.9 Å². The molecule has 6 heteroatoms. The molecule has 0 rings (SSSR count). The van der Waals surface area contributed by atoms with E-state index in [1.165, 1.54) is 218 Å². The van der Waals surface area contributed by atoms with E-state index in [0.29, 0.717) is 12.8 Å². The summed E-state index contributed by atoms with van der Waals surface area (Å²) >= 11 is 0. The Morgan fingerprint density at radius 2 is 0.705 bits per heavy atom. The first-order chi connectivity index (χ1) is 30.0. The van der Waals surface area contributed by atoms with E-state index in [2.05, 4.69) is 43.5 Å². The summed E-state index contributed by atoms with van der Waals surface area (Å²) in [6, 6.07) is -0.982. The summed E-state index contributed by atoms with van der Waals surface area (Å²) < 4.78 is 0. The summed E-state index contributed by atoms with van der Waals surface area (Å²) in [6.45, 7) is 4.05. The molecule has 6 nitrogen and oxygen atoms in total. The molecule has 0 saturated heterocycles. The molecule has 362 valence electrons. The van der Waals surface area contributed by atoms with E-state index in [4.69, 9.17) is 0 Å². The predicted molar refractivity (Wildman–Crippen MR) is 265 cm³/mol. The van der Waals surface area contributed by atoms with E-state index in [1.54, 1.807) is 0 Å². The zero-order valence-electron chi connectivity index (χ0n) is 40.9. The van der Waals surface area contributed by atoms with Crippen LogP contribution in [0.25, 0.3) is 0 Å². The number of unbranched alkanes of at least 4 members (excludes halogenated alkanes) is 37. The quantitative estimate of drug-likeness (QED) is 0.0309. The van der Waals surface area contributed by atoms with Gasteiger partial charge in [0, 0.05) is 0 Å². The minimum Gasteiger partial charge on any atom is -0.394 e. The first-order valence-corrected chi connectivity index (χ1v) is 27.2. The molecule has 0 aromatic carbocycles. The lowest BCUT2D eigenvalue weighted by Crippen LogP contribution is -2.53. The average molecular weight is 862 g/mol. The van der Waals surface area contributed by atoms with Crippen molar-refractivity contribution >= 4 is 5.91 Å². The maximum absolute atomic E-state index is 12.5. The van der Waals surface area contributed by atoms with Gasteiger partial charge in [-0.2, -0.15) is 0 Å². The summed E-state index contributed by atoms with van der Waals surface area (Å²) in [4.78, 5) is 12.5. The summed E-state index contributed by atoms with van der Waals surface area (Å²) in [6.07, 6.45) is 59.7. The standard InChI is InChI=1S/C55H107NO5/c1-3-5-7-9-11-13-15-16-17-18-19-20-21-22-23-24-25-26-27-28-29-30-31-32-33-34-35-36-37-39-41-43-45-47-49-53(59)55(61)56-51(50-57)54(60)52(58)48-46-44-42-40-38-14-12-10-8-6-4-2/h21-22,24-25,51-54,57-60H,3-20,23,26-50H2,1-2H3,(H,56,61)/b22-21-,25-24-. The Bertz CT molecular complexity index is 924. The van der Waals surface area contributed by atoms with Crippen molar-refractivity contribution in [3.8, 4) is 0 Å². The van der Waals surface area contributed by atoms with E-state index in [0.717, 1.165) is 44.9 Å². The second kappa shape index (κ2) is 49.8. The van der Waals surface area contributed by atoms with E-state index >= 15 is 0 Å². The fourth-order valence-electron chi connectivity index (χ4n) is 8.61. The van der Waals surface area contributed by atoms with Crippen molar-refractivity contribution in [3.63, 3.8) is 0 Å². The molecule has 4 unspecified atom stereocenters. The molecule has 0 radical (unpaired) electrons. The summed E-state index contributed by atoms with van der Waals surface area (Å²) in [5.41, 5.74) is 0. The highest BCUT2D eigenvalue weighted by molar-refractivity contribution is 5.80. The van der Waals surface area contributed by atoms with Gasteiger partial charge in [0.1, 0.15) is 12.2 Å². The van der Waals surface area contributed by atoms with Crippen molar-refractivity contribution in [2.75, 3.05) is 6.61 Å². The molecule has 0 heterocycles. The molecule has 0 aliphatic rings. The number of amides is 1. The lowest BCUT2D eigenvalue weighted by Gasteiger charge is -2.27. The van der Waals surface area contributed by atoms with Crippen LogP contribution in [0.3, 0.4) is 0 Å². The first-order valence-electron chi connectivity index (χ1n) is 27.2. The lowest BCUT2D eigenvalue weighted by molar-refractivity contribution is -0.132. The van der Waals surface area contributed by atoms with E-state index in [1.807, 2.05) is 0 Å². The molecule has 61 heavy (non-hydrogen) atoms. The minimum atomic E-state index is -1.26. The van der Waals surface area contributed by atoms with Gasteiger partial charge in [-0.1, -0.05) is 269 Å². The molecule has 0 aliphatic heterocycles. The summed E-state index contributed by atoms with van der Waals surface area (Å²) in [5, 5.41) is 43.7. The number of aliphatic hydroxyl groups excluding tert-OH is 4. The molecule has 0 aliphatic carbocycles. The topological polar surface area (TPSA) is 110 Å². The fourth-order valence-corrected chi connectivity index (χ4v) is 8.61. The molecule has 0 bridgehead atoms. The third-order valence-corrected chi connectivity index (χ3v) is 12.9. The van der Waals surface area contributed by atoms with Gasteiger partial charge in [-0.15, -0.1) is 0 Å². The molecule has 0 aromatic rings. The SMILES string of the molecule is CCCCCCCCCCCCC/C=C\C/C=C\CCCCCCCCCCCCCCCCCCC(O)C(=O)NC(CO)C(O)C(O)CCCCCCCCCCCCC. The van der Waals surface area contributed by atoms with Crippen molar-refractivity contribution in [3.05, 3.63) is 24.3 Å². The van der Waals surface area contributed by atoms with Crippen molar-refractivity contribution in [1.29, 1.82) is 0 Å². The number of carbonyl (C=O) groups excluding carboxylic acids is 1. The zero-order valence-corrected chi connectivity index (χ0v) is 40.9. The molecule has 0 spiro atoms. The van der Waals surface area contributed by atoms with E-state index in [9.17, 15) is 25.2 Å². The number of nitrogens with one attached hydrogen (secondary N) is 1. The number of rotatable bonds is 50. The van der Waals surface area contributed by atoms with Gasteiger partial charge in [0.05, 0.1) is 18.8 Å². The van der Waals surface area contributed by atoms with Crippen LogP contribution in [0, 0.1) is 0 Å². The zero-order chi connectivity index (χ0) is 44.5. The molecule has 1 amide bonds. The van der Waals surface area contributed by atoms with Crippen molar-refractivity contribution in [1.82, 2.24) is 5.32 Å². The minimum absolute atomic E-state index is 0.371. The van der Waals surface area contributed by atoms with Crippen LogP contribution in [0.2, 0.25) is 0 Å². The largest absolute Gasteiger partial charge is 0.394 e. The van der Waals surface area contributed by atoms with Crippen molar-refractivity contribution in [2.45, 2.75) is 314 Å². The monoisotopic (exact) mass is 862 g/mol. The van der Waals surface area contributed by atoms with Crippen LogP contribution in [0.1, 0.15) is 290 Å². The Morgan fingerprint density at radius 3 is 1.03 bits per heavy atom. The van der Waals surface area contributed by atoms with E-state index in [-0.39, 0.29) is 0 Å². The summed E-state index contributed by atoms with van der Waals surface area (Å²) in [5.74, 6) is -0.582. The number of aliphatic hydroxyl groups is 4. The summed E-state index contributed by atoms with van der Waals surface area (Å²) in [7, 11) is 0. The van der Waals surface area contributed by atoms with Crippen LogP contribution >= 0.6 is 0 Å². The molecule has 0 saturated carbocycles. The van der Waals surface area contributed by atoms with Gasteiger partial charge in [-0.25, -0.2) is 0 Å². The Labute approximate surface area is 380 Å². The smallest absolute Gasteiger partial charge is 0.249 e. The Hall–Kier alpha value is -1.21. The van der Waals surface area contributed by atoms with Gasteiger partial charge in [0.2, 0.25) is 5.91 Å². The van der Waals surface area contributed by atoms with Crippen LogP contribution in [0.4, 0.5) is 0 Å². The van der Waals surface area contributed by atoms with Gasteiger partial charge >= 0.3 is 0 Å². The maximum atomic E-state index is 12.5. The second-order valence-corrected chi connectivity index (χ2v) is 18.9. The molecule has 4 atom stereocenters. The number of carbonyl (C=O) groups is 1. The van der Waals surface area contributed by atoms with Crippen LogP contribution in [-0.2, 0) is 4.79 Å². The maximum Gasteiger partial charge on any atom is 0.249 e.